The van der Waals surface area contributed by atoms with Crippen molar-refractivity contribution in [1.82, 2.24) is 0 Å². The molecule has 0 aromatic carbocycles. The van der Waals surface area contributed by atoms with E-state index in [9.17, 15) is 9.59 Å². The van der Waals surface area contributed by atoms with Gasteiger partial charge in [0.2, 0.25) is 0 Å². The minimum absolute atomic E-state index is 0.0463. The summed E-state index contributed by atoms with van der Waals surface area (Å²) in [6, 6.07) is 0. The first-order valence-corrected chi connectivity index (χ1v) is 4.60. The number of ketones is 2. The van der Waals surface area contributed by atoms with E-state index in [4.69, 9.17) is 0 Å². The fourth-order valence-corrected chi connectivity index (χ4v) is 1.93. The van der Waals surface area contributed by atoms with Crippen LogP contribution in [-0.2, 0) is 9.59 Å². The fraction of sp³-hybridized carbons (Fsp3) is 0.636. The molecular formula is C11H16O2. The molecule has 72 valence electrons. The molecule has 1 fully saturated rings. The lowest BCUT2D eigenvalue weighted by Crippen LogP contribution is -2.10. The Balaban J connectivity index is 2.68. The normalized spacial score (nSPS) is 37.8. The monoisotopic (exact) mass is 180 g/mol. The minimum Gasteiger partial charge on any atom is -0.299 e. The van der Waals surface area contributed by atoms with Gasteiger partial charge in [-0.25, -0.2) is 0 Å². The first-order chi connectivity index (χ1) is 5.90. The maximum absolute atomic E-state index is 11.3. The predicted molar refractivity (Wildman–Crippen MR) is 51.3 cm³/mol. The number of carbonyl (C=O) groups excluding carboxylic acids is 2. The van der Waals surface area contributed by atoms with E-state index in [2.05, 4.69) is 6.92 Å². The van der Waals surface area contributed by atoms with Gasteiger partial charge in [-0.2, -0.15) is 0 Å². The van der Waals surface area contributed by atoms with E-state index >= 15 is 0 Å². The van der Waals surface area contributed by atoms with Crippen LogP contribution in [0.1, 0.15) is 27.7 Å². The third-order valence-corrected chi connectivity index (χ3v) is 3.36. The van der Waals surface area contributed by atoms with Gasteiger partial charge in [0, 0.05) is 5.41 Å². The SMILES string of the molecule is CC(=O)C=CC1C(C)C1(C)C(C)=O. The molecule has 1 rings (SSSR count). The molecule has 3 atom stereocenters. The third kappa shape index (κ3) is 1.58. The van der Waals surface area contributed by atoms with Crippen LogP contribution < -0.4 is 0 Å². The molecule has 2 heteroatoms. The number of allylic oxidation sites excluding steroid dienone is 2. The smallest absolute Gasteiger partial charge is 0.152 e. The van der Waals surface area contributed by atoms with Gasteiger partial charge in [0.25, 0.3) is 0 Å². The molecule has 0 aromatic heterocycles. The van der Waals surface area contributed by atoms with E-state index in [1.54, 1.807) is 13.0 Å². The summed E-state index contributed by atoms with van der Waals surface area (Å²) in [4.78, 5) is 22.0. The predicted octanol–water partition coefficient (Wildman–Crippen LogP) is 1.99. The van der Waals surface area contributed by atoms with E-state index < -0.39 is 0 Å². The Labute approximate surface area is 79.0 Å². The van der Waals surface area contributed by atoms with Crippen LogP contribution in [0.25, 0.3) is 0 Å². The summed E-state index contributed by atoms with van der Waals surface area (Å²) in [7, 11) is 0. The Morgan fingerprint density at radius 2 is 1.85 bits per heavy atom. The van der Waals surface area contributed by atoms with Gasteiger partial charge in [0.1, 0.15) is 5.78 Å². The molecule has 1 aliphatic rings. The van der Waals surface area contributed by atoms with Crippen LogP contribution in [-0.4, -0.2) is 11.6 Å². The van der Waals surface area contributed by atoms with Crippen molar-refractivity contribution >= 4 is 11.6 Å². The maximum Gasteiger partial charge on any atom is 0.152 e. The lowest BCUT2D eigenvalue weighted by Gasteiger charge is -2.02. The molecule has 0 heterocycles. The standard InChI is InChI=1S/C11H16O2/c1-7(12)5-6-10-8(2)11(10,4)9(3)13/h5-6,8,10H,1-4H3. The number of hydrogen-bond acceptors (Lipinski definition) is 2. The van der Waals surface area contributed by atoms with Crippen molar-refractivity contribution in [2.45, 2.75) is 27.7 Å². The summed E-state index contributed by atoms with van der Waals surface area (Å²) in [5.41, 5.74) is -0.216. The zero-order valence-electron chi connectivity index (χ0n) is 8.63. The summed E-state index contributed by atoms with van der Waals surface area (Å²) in [6.45, 7) is 7.17. The quantitative estimate of drug-likeness (QED) is 0.622. The first kappa shape index (κ1) is 10.2. The summed E-state index contributed by atoms with van der Waals surface area (Å²) < 4.78 is 0. The second-order valence-corrected chi connectivity index (χ2v) is 4.12. The van der Waals surface area contributed by atoms with Crippen molar-refractivity contribution in [3.8, 4) is 0 Å². The van der Waals surface area contributed by atoms with Crippen LogP contribution in [0.3, 0.4) is 0 Å². The van der Waals surface area contributed by atoms with Gasteiger partial charge < -0.3 is 0 Å². The summed E-state index contributed by atoms with van der Waals surface area (Å²) in [6.07, 6.45) is 3.43. The molecule has 0 bridgehead atoms. The second-order valence-electron chi connectivity index (χ2n) is 4.12. The average molecular weight is 180 g/mol. The highest BCUT2D eigenvalue weighted by atomic mass is 16.1. The average Bonchev–Trinajstić information content (AvgIpc) is 2.53. The Morgan fingerprint density at radius 1 is 1.31 bits per heavy atom. The summed E-state index contributed by atoms with van der Waals surface area (Å²) in [5, 5.41) is 0. The molecule has 0 aliphatic heterocycles. The number of carbonyl (C=O) groups is 2. The molecule has 0 N–H and O–H groups in total. The van der Waals surface area contributed by atoms with Crippen LogP contribution in [0, 0.1) is 17.3 Å². The second kappa shape index (κ2) is 3.09. The molecule has 0 radical (unpaired) electrons. The molecule has 1 saturated carbocycles. The Morgan fingerprint density at radius 3 is 2.15 bits per heavy atom. The number of hydrogen-bond donors (Lipinski definition) is 0. The van der Waals surface area contributed by atoms with Gasteiger partial charge in [0.05, 0.1) is 0 Å². The van der Waals surface area contributed by atoms with Crippen molar-refractivity contribution in [3.63, 3.8) is 0 Å². The minimum atomic E-state index is -0.216. The molecular weight excluding hydrogens is 164 g/mol. The van der Waals surface area contributed by atoms with Crippen molar-refractivity contribution in [2.24, 2.45) is 17.3 Å². The fourth-order valence-electron chi connectivity index (χ4n) is 1.93. The van der Waals surface area contributed by atoms with Crippen LogP contribution in [0.15, 0.2) is 12.2 Å². The van der Waals surface area contributed by atoms with Crippen molar-refractivity contribution in [2.75, 3.05) is 0 Å². The highest BCUT2D eigenvalue weighted by Crippen LogP contribution is 2.59. The van der Waals surface area contributed by atoms with Gasteiger partial charge in [-0.1, -0.05) is 19.9 Å². The van der Waals surface area contributed by atoms with Gasteiger partial charge in [-0.05, 0) is 31.8 Å². The molecule has 0 aromatic rings. The van der Waals surface area contributed by atoms with E-state index in [0.717, 1.165) is 0 Å². The highest BCUT2D eigenvalue weighted by Gasteiger charge is 2.60. The van der Waals surface area contributed by atoms with Crippen molar-refractivity contribution in [3.05, 3.63) is 12.2 Å². The Hall–Kier alpha value is -0.920. The molecule has 0 amide bonds. The molecule has 13 heavy (non-hydrogen) atoms. The molecule has 0 spiro atoms. The molecule has 0 saturated heterocycles. The van der Waals surface area contributed by atoms with Crippen LogP contribution in [0.2, 0.25) is 0 Å². The van der Waals surface area contributed by atoms with Crippen LogP contribution in [0.5, 0.6) is 0 Å². The van der Waals surface area contributed by atoms with Crippen LogP contribution >= 0.6 is 0 Å². The Bertz CT molecular complexity index is 278. The van der Waals surface area contributed by atoms with E-state index in [0.29, 0.717) is 5.92 Å². The van der Waals surface area contributed by atoms with Gasteiger partial charge >= 0.3 is 0 Å². The molecule has 3 unspecified atom stereocenters. The topological polar surface area (TPSA) is 34.1 Å². The zero-order chi connectivity index (χ0) is 10.2. The van der Waals surface area contributed by atoms with E-state index in [1.165, 1.54) is 6.92 Å². The molecule has 1 aliphatic carbocycles. The first-order valence-electron chi connectivity index (χ1n) is 4.60. The van der Waals surface area contributed by atoms with E-state index in [-0.39, 0.29) is 22.9 Å². The highest BCUT2D eigenvalue weighted by molar-refractivity contribution is 5.89. The van der Waals surface area contributed by atoms with E-state index in [1.807, 2.05) is 13.0 Å². The van der Waals surface area contributed by atoms with Gasteiger partial charge in [0.15, 0.2) is 5.78 Å². The molecule has 2 nitrogen and oxygen atoms in total. The lowest BCUT2D eigenvalue weighted by molar-refractivity contribution is -0.122. The Kier molecular flexibility index (Phi) is 2.42. The summed E-state index contributed by atoms with van der Waals surface area (Å²) in [5.74, 6) is 0.901. The lowest BCUT2D eigenvalue weighted by atomic mass is 10.0. The van der Waals surface area contributed by atoms with Crippen molar-refractivity contribution in [1.29, 1.82) is 0 Å². The maximum atomic E-state index is 11.3. The number of rotatable bonds is 3. The number of Topliss-reactive ketones (excluding diaryl/α,β-unsaturated/α-hetero) is 1. The van der Waals surface area contributed by atoms with Crippen LogP contribution in [0.4, 0.5) is 0 Å². The third-order valence-electron chi connectivity index (χ3n) is 3.36. The van der Waals surface area contributed by atoms with Crippen molar-refractivity contribution < 1.29 is 9.59 Å². The largest absolute Gasteiger partial charge is 0.299 e. The van der Waals surface area contributed by atoms with Gasteiger partial charge in [-0.3, -0.25) is 9.59 Å². The zero-order valence-corrected chi connectivity index (χ0v) is 8.63. The summed E-state index contributed by atoms with van der Waals surface area (Å²) >= 11 is 0. The van der Waals surface area contributed by atoms with Gasteiger partial charge in [-0.15, -0.1) is 0 Å².